The third-order valence-corrected chi connectivity index (χ3v) is 3.13. The highest BCUT2D eigenvalue weighted by molar-refractivity contribution is 14.1. The monoisotopic (exact) mass is 308 g/mol. The molecule has 0 fully saturated rings. The highest BCUT2D eigenvalue weighted by Crippen LogP contribution is 2.17. The molecular weight excluding hydrogens is 298 g/mol. The first-order valence-electron chi connectivity index (χ1n) is 4.06. The molecule has 0 heterocycles. The van der Waals surface area contributed by atoms with E-state index in [1.807, 2.05) is 25.1 Å². The summed E-state index contributed by atoms with van der Waals surface area (Å²) in [5, 5.41) is 0. The molecule has 0 spiro atoms. The zero-order valence-electron chi connectivity index (χ0n) is 7.31. The Balaban J connectivity index is 3.02. The third-order valence-electron chi connectivity index (χ3n) is 1.84. The van der Waals surface area contributed by atoms with Crippen LogP contribution in [0, 0.1) is 3.57 Å². The van der Waals surface area contributed by atoms with Crippen LogP contribution in [0.4, 0.5) is 0 Å². The van der Waals surface area contributed by atoms with E-state index in [2.05, 4.69) is 22.6 Å². The van der Waals surface area contributed by atoms with Crippen molar-refractivity contribution in [3.8, 4) is 0 Å². The number of benzene rings is 1. The summed E-state index contributed by atoms with van der Waals surface area (Å²) in [5.41, 5.74) is 1.86. The minimum Gasteiger partial charge on any atom is -0.294 e. The van der Waals surface area contributed by atoms with Gasteiger partial charge in [-0.05, 0) is 34.2 Å². The standard InChI is InChI=1S/C10H10ClIO/c1-2-10(13)7-3-4-8(6-11)9(12)5-7/h3-5H,2,6H2,1H3. The normalized spacial score (nSPS) is 10.1. The molecular formula is C10H10ClIO. The second-order valence-corrected chi connectivity index (χ2v) is 4.15. The minimum atomic E-state index is 0.180. The predicted octanol–water partition coefficient (Wildman–Crippen LogP) is 3.62. The van der Waals surface area contributed by atoms with Crippen LogP contribution < -0.4 is 0 Å². The molecule has 3 heteroatoms. The first kappa shape index (κ1) is 11.0. The lowest BCUT2D eigenvalue weighted by Crippen LogP contribution is -1.98. The molecule has 1 aromatic rings. The summed E-state index contributed by atoms with van der Waals surface area (Å²) in [7, 11) is 0. The number of Topliss-reactive ketones (excluding diaryl/α,β-unsaturated/α-hetero) is 1. The average Bonchev–Trinajstić information content (AvgIpc) is 2.16. The molecule has 0 radical (unpaired) electrons. The zero-order valence-corrected chi connectivity index (χ0v) is 10.2. The van der Waals surface area contributed by atoms with E-state index in [4.69, 9.17) is 11.6 Å². The van der Waals surface area contributed by atoms with Gasteiger partial charge in [-0.3, -0.25) is 4.79 Å². The predicted molar refractivity (Wildman–Crippen MR) is 63.3 cm³/mol. The second-order valence-electron chi connectivity index (χ2n) is 2.72. The Morgan fingerprint density at radius 1 is 1.54 bits per heavy atom. The lowest BCUT2D eigenvalue weighted by molar-refractivity contribution is 0.0988. The van der Waals surface area contributed by atoms with E-state index < -0.39 is 0 Å². The summed E-state index contributed by atoms with van der Waals surface area (Å²) in [5.74, 6) is 0.679. The van der Waals surface area contributed by atoms with Gasteiger partial charge in [0.05, 0.1) is 0 Å². The third kappa shape index (κ3) is 2.68. The van der Waals surface area contributed by atoms with Crippen LogP contribution >= 0.6 is 34.2 Å². The lowest BCUT2D eigenvalue weighted by Gasteiger charge is -2.02. The number of rotatable bonds is 3. The van der Waals surface area contributed by atoms with Crippen LogP contribution in [0.25, 0.3) is 0 Å². The number of carbonyl (C=O) groups is 1. The summed E-state index contributed by atoms with van der Waals surface area (Å²) in [6.45, 7) is 1.87. The molecule has 0 atom stereocenters. The molecule has 0 aromatic heterocycles. The summed E-state index contributed by atoms with van der Waals surface area (Å²) >= 11 is 7.91. The van der Waals surface area contributed by atoms with Crippen molar-refractivity contribution < 1.29 is 4.79 Å². The number of halogens is 2. The number of ketones is 1. The largest absolute Gasteiger partial charge is 0.294 e. The lowest BCUT2D eigenvalue weighted by atomic mass is 10.1. The highest BCUT2D eigenvalue weighted by Gasteiger charge is 2.05. The molecule has 1 nitrogen and oxygen atoms in total. The van der Waals surface area contributed by atoms with E-state index in [1.165, 1.54) is 0 Å². The summed E-state index contributed by atoms with van der Waals surface area (Å²) in [4.78, 5) is 11.3. The summed E-state index contributed by atoms with van der Waals surface area (Å²) < 4.78 is 1.06. The van der Waals surface area contributed by atoms with Crippen LogP contribution in [-0.4, -0.2) is 5.78 Å². The number of hydrogen-bond acceptors (Lipinski definition) is 1. The van der Waals surface area contributed by atoms with Crippen molar-refractivity contribution in [2.75, 3.05) is 0 Å². The van der Waals surface area contributed by atoms with E-state index in [9.17, 15) is 4.79 Å². The maximum Gasteiger partial charge on any atom is 0.162 e. The summed E-state index contributed by atoms with van der Waals surface area (Å²) in [6, 6.07) is 5.65. The quantitative estimate of drug-likeness (QED) is 0.473. The van der Waals surface area contributed by atoms with Crippen molar-refractivity contribution in [3.05, 3.63) is 32.9 Å². The van der Waals surface area contributed by atoms with Gasteiger partial charge in [0.25, 0.3) is 0 Å². The van der Waals surface area contributed by atoms with Crippen molar-refractivity contribution in [1.82, 2.24) is 0 Å². The van der Waals surface area contributed by atoms with Crippen LogP contribution in [0.2, 0.25) is 0 Å². The zero-order chi connectivity index (χ0) is 9.84. The molecule has 0 saturated heterocycles. The molecule has 0 aliphatic carbocycles. The molecule has 13 heavy (non-hydrogen) atoms. The molecule has 0 aliphatic rings. The molecule has 0 N–H and O–H groups in total. The van der Waals surface area contributed by atoms with Gasteiger partial charge in [-0.2, -0.15) is 0 Å². The molecule has 1 rings (SSSR count). The van der Waals surface area contributed by atoms with E-state index in [-0.39, 0.29) is 5.78 Å². The number of hydrogen-bond donors (Lipinski definition) is 0. The Kier molecular flexibility index (Phi) is 4.19. The Morgan fingerprint density at radius 3 is 2.69 bits per heavy atom. The van der Waals surface area contributed by atoms with E-state index >= 15 is 0 Å². The van der Waals surface area contributed by atoms with Gasteiger partial charge >= 0.3 is 0 Å². The molecule has 70 valence electrons. The van der Waals surface area contributed by atoms with Crippen LogP contribution in [0.1, 0.15) is 29.3 Å². The van der Waals surface area contributed by atoms with Gasteiger partial charge in [0, 0.05) is 21.4 Å². The van der Waals surface area contributed by atoms with Crippen LogP contribution in [0.3, 0.4) is 0 Å². The Bertz CT molecular complexity index is 323. The number of carbonyl (C=O) groups excluding carboxylic acids is 1. The van der Waals surface area contributed by atoms with E-state index in [1.54, 1.807) is 0 Å². The average molecular weight is 309 g/mol. The topological polar surface area (TPSA) is 17.1 Å². The second kappa shape index (κ2) is 4.96. The van der Waals surface area contributed by atoms with Crippen LogP contribution in [0.15, 0.2) is 18.2 Å². The Morgan fingerprint density at radius 2 is 2.23 bits per heavy atom. The van der Waals surface area contributed by atoms with E-state index in [0.717, 1.165) is 14.7 Å². The molecule has 0 amide bonds. The first-order chi connectivity index (χ1) is 6.19. The van der Waals surface area contributed by atoms with Gasteiger partial charge in [-0.1, -0.05) is 19.1 Å². The van der Waals surface area contributed by atoms with Gasteiger partial charge in [0.1, 0.15) is 0 Å². The fraction of sp³-hybridized carbons (Fsp3) is 0.300. The van der Waals surface area contributed by atoms with Crippen molar-refractivity contribution in [2.45, 2.75) is 19.2 Å². The summed E-state index contributed by atoms with van der Waals surface area (Å²) in [6.07, 6.45) is 0.552. The van der Waals surface area contributed by atoms with Crippen molar-refractivity contribution >= 4 is 40.0 Å². The molecule has 0 bridgehead atoms. The highest BCUT2D eigenvalue weighted by atomic mass is 127. The van der Waals surface area contributed by atoms with Gasteiger partial charge in [0.2, 0.25) is 0 Å². The van der Waals surface area contributed by atoms with Gasteiger partial charge in [-0.25, -0.2) is 0 Å². The Labute approximate surface area is 96.6 Å². The SMILES string of the molecule is CCC(=O)c1ccc(CCl)c(I)c1. The molecule has 1 aromatic carbocycles. The van der Waals surface area contributed by atoms with Crippen molar-refractivity contribution in [3.63, 3.8) is 0 Å². The molecule has 0 saturated carbocycles. The van der Waals surface area contributed by atoms with Crippen LogP contribution in [-0.2, 0) is 5.88 Å². The maximum atomic E-state index is 11.3. The molecule has 0 aliphatic heterocycles. The first-order valence-corrected chi connectivity index (χ1v) is 5.68. The van der Waals surface area contributed by atoms with Gasteiger partial charge in [0.15, 0.2) is 5.78 Å². The number of alkyl halides is 1. The fourth-order valence-corrected chi connectivity index (χ4v) is 2.20. The Hall–Kier alpha value is -0.0900. The van der Waals surface area contributed by atoms with Crippen molar-refractivity contribution in [1.29, 1.82) is 0 Å². The minimum absolute atomic E-state index is 0.180. The van der Waals surface area contributed by atoms with Crippen LogP contribution in [0.5, 0.6) is 0 Å². The van der Waals surface area contributed by atoms with Gasteiger partial charge < -0.3 is 0 Å². The van der Waals surface area contributed by atoms with Gasteiger partial charge in [-0.15, -0.1) is 11.6 Å². The maximum absolute atomic E-state index is 11.3. The fourth-order valence-electron chi connectivity index (χ4n) is 1.03. The molecule has 0 unspecified atom stereocenters. The smallest absolute Gasteiger partial charge is 0.162 e. The van der Waals surface area contributed by atoms with E-state index in [0.29, 0.717) is 12.3 Å². The van der Waals surface area contributed by atoms with Crippen molar-refractivity contribution in [2.24, 2.45) is 0 Å².